The van der Waals surface area contributed by atoms with Crippen molar-refractivity contribution >= 4 is 0 Å². The van der Waals surface area contributed by atoms with E-state index < -0.39 is 0 Å². The molecule has 0 aromatic heterocycles. The van der Waals surface area contributed by atoms with Crippen molar-refractivity contribution in [1.29, 1.82) is 0 Å². The van der Waals surface area contributed by atoms with Crippen LogP contribution in [0.25, 0.3) is 11.1 Å². The second-order valence-electron chi connectivity index (χ2n) is 8.55. The molecule has 2 aromatic rings. The van der Waals surface area contributed by atoms with Crippen molar-refractivity contribution in [2.75, 3.05) is 52.6 Å². The predicted octanol–water partition coefficient (Wildman–Crippen LogP) is 3.37. The van der Waals surface area contributed by atoms with E-state index in [9.17, 15) is 0 Å². The Kier molecular flexibility index (Phi) is 6.14. The molecule has 5 rings (SSSR count). The second kappa shape index (κ2) is 9.17. The average Bonchev–Trinajstić information content (AvgIpc) is 3.17. The Morgan fingerprint density at radius 2 is 1.10 bits per heavy atom. The topological polar surface area (TPSA) is 43.4 Å². The number of morpholine rings is 2. The van der Waals surface area contributed by atoms with Crippen LogP contribution < -0.4 is 9.47 Å². The van der Waals surface area contributed by atoms with E-state index in [-0.39, 0.29) is 12.5 Å². The summed E-state index contributed by atoms with van der Waals surface area (Å²) < 4.78 is 23.4. The maximum absolute atomic E-state index is 6.25. The van der Waals surface area contributed by atoms with Crippen LogP contribution in [-0.4, -0.2) is 74.9 Å². The van der Waals surface area contributed by atoms with Gasteiger partial charge in [-0.25, -0.2) is 0 Å². The highest BCUT2D eigenvalue weighted by Gasteiger charge is 2.23. The van der Waals surface area contributed by atoms with Crippen LogP contribution in [-0.2, 0) is 15.9 Å². The van der Waals surface area contributed by atoms with Crippen molar-refractivity contribution in [2.45, 2.75) is 32.7 Å². The maximum Gasteiger partial charge on any atom is 0.149 e. The van der Waals surface area contributed by atoms with E-state index in [1.807, 2.05) is 0 Å². The Morgan fingerprint density at radius 1 is 0.677 bits per heavy atom. The van der Waals surface area contributed by atoms with E-state index in [0.717, 1.165) is 70.5 Å². The third-order valence-electron chi connectivity index (χ3n) is 6.56. The van der Waals surface area contributed by atoms with Crippen molar-refractivity contribution in [3.8, 4) is 22.6 Å². The molecule has 6 heteroatoms. The highest BCUT2D eigenvalue weighted by Crippen LogP contribution is 2.40. The number of ether oxygens (including phenoxy) is 4. The molecule has 0 amide bonds. The smallest absolute Gasteiger partial charge is 0.149 e. The summed E-state index contributed by atoms with van der Waals surface area (Å²) in [6, 6.07) is 13.0. The molecule has 2 fully saturated rings. The SMILES string of the molecule is CC(Oc1ccc2c(c1)Cc1cc(OC(C)N3CCOCC3)ccc1-2)N1CCOCC1. The molecule has 1 aliphatic carbocycles. The maximum atomic E-state index is 6.25. The fraction of sp³-hybridized carbons (Fsp3) is 0.520. The van der Waals surface area contributed by atoms with Crippen molar-refractivity contribution in [3.63, 3.8) is 0 Å². The molecule has 3 aliphatic rings. The molecule has 31 heavy (non-hydrogen) atoms. The molecule has 0 bridgehead atoms. The van der Waals surface area contributed by atoms with E-state index in [1.165, 1.54) is 22.3 Å². The lowest BCUT2D eigenvalue weighted by molar-refractivity contribution is -0.0373. The molecular formula is C25H32N2O4. The number of nitrogens with zero attached hydrogens (tertiary/aromatic N) is 2. The van der Waals surface area contributed by atoms with Gasteiger partial charge in [-0.15, -0.1) is 0 Å². The lowest BCUT2D eigenvalue weighted by Gasteiger charge is -2.32. The first kappa shape index (κ1) is 20.8. The van der Waals surface area contributed by atoms with E-state index in [4.69, 9.17) is 18.9 Å². The van der Waals surface area contributed by atoms with Crippen LogP contribution in [0.5, 0.6) is 11.5 Å². The molecule has 0 spiro atoms. The van der Waals surface area contributed by atoms with Gasteiger partial charge in [0.05, 0.1) is 26.4 Å². The zero-order valence-corrected chi connectivity index (χ0v) is 18.5. The molecule has 2 atom stereocenters. The van der Waals surface area contributed by atoms with Gasteiger partial charge >= 0.3 is 0 Å². The van der Waals surface area contributed by atoms with Gasteiger partial charge in [0.1, 0.15) is 24.0 Å². The van der Waals surface area contributed by atoms with E-state index >= 15 is 0 Å². The Hall–Kier alpha value is -2.12. The van der Waals surface area contributed by atoms with Gasteiger partial charge in [-0.3, -0.25) is 9.80 Å². The number of fused-ring (bicyclic) bond motifs is 3. The van der Waals surface area contributed by atoms with Gasteiger partial charge in [-0.2, -0.15) is 0 Å². The third-order valence-corrected chi connectivity index (χ3v) is 6.56. The summed E-state index contributed by atoms with van der Waals surface area (Å²) >= 11 is 0. The van der Waals surface area contributed by atoms with Gasteiger partial charge in [0, 0.05) is 26.2 Å². The van der Waals surface area contributed by atoms with Crippen molar-refractivity contribution in [3.05, 3.63) is 47.5 Å². The Bertz CT molecular complexity index is 833. The highest BCUT2D eigenvalue weighted by molar-refractivity contribution is 5.78. The van der Waals surface area contributed by atoms with E-state index in [1.54, 1.807) is 0 Å². The Morgan fingerprint density at radius 3 is 1.52 bits per heavy atom. The molecule has 6 nitrogen and oxygen atoms in total. The van der Waals surface area contributed by atoms with Crippen LogP contribution in [0.4, 0.5) is 0 Å². The van der Waals surface area contributed by atoms with Gasteiger partial charge < -0.3 is 18.9 Å². The zero-order valence-electron chi connectivity index (χ0n) is 18.5. The van der Waals surface area contributed by atoms with Crippen LogP contribution in [0, 0.1) is 0 Å². The van der Waals surface area contributed by atoms with Crippen molar-refractivity contribution in [1.82, 2.24) is 9.80 Å². The van der Waals surface area contributed by atoms with Crippen LogP contribution in [0.2, 0.25) is 0 Å². The quantitative estimate of drug-likeness (QED) is 0.605. The molecule has 2 unspecified atom stereocenters. The van der Waals surface area contributed by atoms with Gasteiger partial charge in [-0.1, -0.05) is 12.1 Å². The van der Waals surface area contributed by atoms with Crippen LogP contribution in [0.1, 0.15) is 25.0 Å². The van der Waals surface area contributed by atoms with Crippen LogP contribution in [0.15, 0.2) is 36.4 Å². The first-order chi connectivity index (χ1) is 15.2. The normalized spacial score (nSPS) is 21.2. The zero-order chi connectivity index (χ0) is 21.2. The lowest BCUT2D eigenvalue weighted by Crippen LogP contribution is -2.44. The molecular weight excluding hydrogens is 392 g/mol. The summed E-state index contributed by atoms with van der Waals surface area (Å²) in [5.74, 6) is 1.87. The largest absolute Gasteiger partial charge is 0.475 e. The molecule has 0 saturated carbocycles. The van der Waals surface area contributed by atoms with E-state index in [0.29, 0.717) is 0 Å². The minimum atomic E-state index is 0.0485. The second-order valence-corrected chi connectivity index (χ2v) is 8.55. The summed E-state index contributed by atoms with van der Waals surface area (Å²) in [7, 11) is 0. The van der Waals surface area contributed by atoms with Crippen molar-refractivity contribution < 1.29 is 18.9 Å². The van der Waals surface area contributed by atoms with E-state index in [2.05, 4.69) is 60.0 Å². The molecule has 2 heterocycles. The molecule has 0 N–H and O–H groups in total. The molecule has 2 aliphatic heterocycles. The van der Waals surface area contributed by atoms with Crippen LogP contribution in [0.3, 0.4) is 0 Å². The van der Waals surface area contributed by atoms with Gasteiger partial charge in [0.2, 0.25) is 0 Å². The van der Waals surface area contributed by atoms with Gasteiger partial charge in [0.15, 0.2) is 0 Å². The number of benzene rings is 2. The highest BCUT2D eigenvalue weighted by atomic mass is 16.5. The van der Waals surface area contributed by atoms with Crippen LogP contribution >= 0.6 is 0 Å². The molecule has 166 valence electrons. The monoisotopic (exact) mass is 424 g/mol. The average molecular weight is 425 g/mol. The predicted molar refractivity (Wildman–Crippen MR) is 120 cm³/mol. The Balaban J connectivity index is 1.25. The Labute approximate surface area is 184 Å². The van der Waals surface area contributed by atoms with Gasteiger partial charge in [0.25, 0.3) is 0 Å². The summed E-state index contributed by atoms with van der Waals surface area (Å²) in [5, 5.41) is 0. The third kappa shape index (κ3) is 4.58. The fourth-order valence-corrected chi connectivity index (χ4v) is 4.74. The molecule has 2 saturated heterocycles. The summed E-state index contributed by atoms with van der Waals surface area (Å²) in [6.45, 7) is 11.0. The minimum Gasteiger partial charge on any atom is -0.475 e. The summed E-state index contributed by atoms with van der Waals surface area (Å²) in [5.41, 5.74) is 5.24. The molecule has 2 aromatic carbocycles. The standard InChI is InChI=1S/C25H32N2O4/c1-18(26-7-11-28-12-8-26)30-22-3-5-24-20(16-22)15-21-17-23(4-6-25(21)24)31-19(2)27-9-13-29-14-10-27/h3-6,16-19H,7-15H2,1-2H3. The molecule has 0 radical (unpaired) electrons. The summed E-state index contributed by atoms with van der Waals surface area (Å²) in [6.07, 6.45) is 1.01. The van der Waals surface area contributed by atoms with Crippen molar-refractivity contribution in [2.24, 2.45) is 0 Å². The summed E-state index contributed by atoms with van der Waals surface area (Å²) in [4.78, 5) is 4.65. The first-order valence-corrected chi connectivity index (χ1v) is 11.4. The fourth-order valence-electron chi connectivity index (χ4n) is 4.74. The lowest BCUT2D eigenvalue weighted by atomic mass is 10.1. The minimum absolute atomic E-state index is 0.0485. The first-order valence-electron chi connectivity index (χ1n) is 11.4. The van der Waals surface area contributed by atoms with Gasteiger partial charge in [-0.05, 0) is 66.8 Å². The number of hydrogen-bond acceptors (Lipinski definition) is 6. The number of hydrogen-bond donors (Lipinski definition) is 0. The number of rotatable bonds is 6.